The molecule has 0 aliphatic heterocycles. The third kappa shape index (κ3) is 4.31. The Kier molecular flexibility index (Phi) is 5.93. The van der Waals surface area contributed by atoms with E-state index in [9.17, 15) is 9.59 Å². The average Bonchev–Trinajstić information content (AvgIpc) is 2.51. The van der Waals surface area contributed by atoms with Gasteiger partial charge in [-0.1, -0.05) is 33.6 Å². The van der Waals surface area contributed by atoms with E-state index in [-0.39, 0.29) is 16.2 Å². The van der Waals surface area contributed by atoms with Crippen LogP contribution in [0.3, 0.4) is 0 Å². The fourth-order valence-corrected chi connectivity index (χ4v) is 2.77. The molecule has 0 bridgehead atoms. The van der Waals surface area contributed by atoms with E-state index in [0.717, 1.165) is 0 Å². The summed E-state index contributed by atoms with van der Waals surface area (Å²) in [5.74, 6) is -1.50. The number of amides is 1. The molecule has 1 amide bonds. The van der Waals surface area contributed by atoms with Crippen molar-refractivity contribution in [3.05, 3.63) is 62.6 Å². The van der Waals surface area contributed by atoms with Crippen LogP contribution in [0.4, 0.5) is 5.69 Å². The molecule has 2 rings (SSSR count). The minimum absolute atomic E-state index is 0.0432. The lowest BCUT2D eigenvalue weighted by Crippen LogP contribution is -2.34. The molecule has 8 heteroatoms. The summed E-state index contributed by atoms with van der Waals surface area (Å²) in [7, 11) is 0. The number of thiocarbonyl (C=S) groups is 1. The third-order valence-corrected chi connectivity index (χ3v) is 4.24. The van der Waals surface area contributed by atoms with E-state index < -0.39 is 11.9 Å². The molecule has 0 saturated heterocycles. The maximum Gasteiger partial charge on any atom is 0.336 e. The zero-order chi connectivity index (χ0) is 17.9. The van der Waals surface area contributed by atoms with E-state index in [0.29, 0.717) is 20.7 Å². The molecule has 0 unspecified atom stereocenters. The van der Waals surface area contributed by atoms with Crippen LogP contribution in [0.5, 0.6) is 0 Å². The standard InChI is InChI=1S/C16H12BrClN2O3S/c1-8-10(15(22)23)3-2-4-13(8)19-16(24)20-14(21)11-7-9(17)5-6-12(11)18/h2-7H,1H3,(H,22,23)(H2,19,20,21,24). The van der Waals surface area contributed by atoms with E-state index >= 15 is 0 Å². The van der Waals surface area contributed by atoms with Gasteiger partial charge in [0.05, 0.1) is 16.1 Å². The fraction of sp³-hybridized carbons (Fsp3) is 0.0625. The molecule has 124 valence electrons. The van der Waals surface area contributed by atoms with E-state index in [1.54, 1.807) is 37.3 Å². The van der Waals surface area contributed by atoms with E-state index in [4.69, 9.17) is 28.9 Å². The van der Waals surface area contributed by atoms with Crippen molar-refractivity contribution in [1.82, 2.24) is 5.32 Å². The summed E-state index contributed by atoms with van der Waals surface area (Å²) in [5, 5.41) is 14.8. The van der Waals surface area contributed by atoms with Crippen molar-refractivity contribution in [3.8, 4) is 0 Å². The van der Waals surface area contributed by atoms with Crippen LogP contribution >= 0.6 is 39.7 Å². The predicted molar refractivity (Wildman–Crippen MR) is 101 cm³/mol. The average molecular weight is 428 g/mol. The molecule has 0 spiro atoms. The molecule has 0 aliphatic rings. The van der Waals surface area contributed by atoms with Gasteiger partial charge in [-0.25, -0.2) is 4.79 Å². The molecular formula is C16H12BrClN2O3S. The van der Waals surface area contributed by atoms with Crippen molar-refractivity contribution in [2.45, 2.75) is 6.92 Å². The molecule has 0 radical (unpaired) electrons. The van der Waals surface area contributed by atoms with Crippen molar-refractivity contribution < 1.29 is 14.7 Å². The summed E-state index contributed by atoms with van der Waals surface area (Å²) in [4.78, 5) is 23.4. The number of nitrogens with one attached hydrogen (secondary N) is 2. The first-order valence-corrected chi connectivity index (χ1v) is 8.28. The molecule has 0 atom stereocenters. The number of carboxylic acid groups (broad SMARTS) is 1. The lowest BCUT2D eigenvalue weighted by atomic mass is 10.1. The van der Waals surface area contributed by atoms with Crippen LogP contribution in [0.2, 0.25) is 5.02 Å². The molecule has 0 aliphatic carbocycles. The number of carbonyl (C=O) groups excluding carboxylic acids is 1. The maximum absolute atomic E-state index is 12.2. The number of carbonyl (C=O) groups is 2. The van der Waals surface area contributed by atoms with Gasteiger partial charge in [-0.05, 0) is 55.0 Å². The number of rotatable bonds is 3. The molecule has 0 saturated carbocycles. The zero-order valence-electron chi connectivity index (χ0n) is 12.4. The van der Waals surface area contributed by atoms with Crippen molar-refractivity contribution in [3.63, 3.8) is 0 Å². The maximum atomic E-state index is 12.2. The Morgan fingerprint density at radius 3 is 2.58 bits per heavy atom. The van der Waals surface area contributed by atoms with Gasteiger partial charge >= 0.3 is 5.97 Å². The lowest BCUT2D eigenvalue weighted by Gasteiger charge is -2.13. The highest BCUT2D eigenvalue weighted by molar-refractivity contribution is 9.10. The number of carboxylic acids is 1. The Bertz CT molecular complexity index is 842. The molecule has 2 aromatic carbocycles. The van der Waals surface area contributed by atoms with Gasteiger partial charge in [0.15, 0.2) is 5.11 Å². The summed E-state index contributed by atoms with van der Waals surface area (Å²) < 4.78 is 0.709. The molecule has 0 fully saturated rings. The van der Waals surface area contributed by atoms with Gasteiger partial charge in [0.2, 0.25) is 0 Å². The highest BCUT2D eigenvalue weighted by Gasteiger charge is 2.14. The lowest BCUT2D eigenvalue weighted by molar-refractivity contribution is 0.0696. The van der Waals surface area contributed by atoms with Gasteiger partial charge in [-0.15, -0.1) is 0 Å². The van der Waals surface area contributed by atoms with Crippen LogP contribution in [0.15, 0.2) is 40.9 Å². The monoisotopic (exact) mass is 426 g/mol. The van der Waals surface area contributed by atoms with Crippen LogP contribution in [0.1, 0.15) is 26.3 Å². The molecule has 5 nitrogen and oxygen atoms in total. The van der Waals surface area contributed by atoms with Crippen molar-refractivity contribution in [2.24, 2.45) is 0 Å². The largest absolute Gasteiger partial charge is 0.478 e. The molecule has 0 aromatic heterocycles. The number of aromatic carboxylic acids is 1. The van der Waals surface area contributed by atoms with E-state index in [1.165, 1.54) is 6.07 Å². The number of halogens is 2. The van der Waals surface area contributed by atoms with Gasteiger partial charge in [0.25, 0.3) is 5.91 Å². The second-order valence-electron chi connectivity index (χ2n) is 4.82. The fourth-order valence-electron chi connectivity index (χ4n) is 2.00. The second-order valence-corrected chi connectivity index (χ2v) is 6.55. The van der Waals surface area contributed by atoms with Crippen molar-refractivity contribution >= 4 is 62.4 Å². The molecule has 3 N–H and O–H groups in total. The highest BCUT2D eigenvalue weighted by Crippen LogP contribution is 2.21. The van der Waals surface area contributed by atoms with Crippen LogP contribution in [-0.4, -0.2) is 22.1 Å². The number of benzene rings is 2. The SMILES string of the molecule is Cc1c(NC(=S)NC(=O)c2cc(Br)ccc2Cl)cccc1C(=O)O. The molecule has 0 heterocycles. The third-order valence-electron chi connectivity index (χ3n) is 3.21. The van der Waals surface area contributed by atoms with Gasteiger partial charge in [-0.2, -0.15) is 0 Å². The van der Waals surface area contributed by atoms with Crippen LogP contribution in [0.25, 0.3) is 0 Å². The van der Waals surface area contributed by atoms with Crippen LogP contribution in [-0.2, 0) is 0 Å². The van der Waals surface area contributed by atoms with E-state index in [1.807, 2.05) is 0 Å². The Balaban J connectivity index is 2.14. The Labute approximate surface area is 157 Å². The summed E-state index contributed by atoms with van der Waals surface area (Å²) in [6.07, 6.45) is 0. The highest BCUT2D eigenvalue weighted by atomic mass is 79.9. The molecule has 2 aromatic rings. The van der Waals surface area contributed by atoms with E-state index in [2.05, 4.69) is 26.6 Å². The minimum atomic E-state index is -1.04. The summed E-state index contributed by atoms with van der Waals surface area (Å²) in [6, 6.07) is 9.65. The second kappa shape index (κ2) is 7.74. The topological polar surface area (TPSA) is 78.4 Å². The van der Waals surface area contributed by atoms with Gasteiger partial charge in [0, 0.05) is 10.2 Å². The quantitative estimate of drug-likeness (QED) is 0.639. The number of hydrogen-bond acceptors (Lipinski definition) is 3. The molecule has 24 heavy (non-hydrogen) atoms. The predicted octanol–water partition coefficient (Wildman–Crippen LogP) is 4.24. The van der Waals surface area contributed by atoms with Crippen LogP contribution < -0.4 is 10.6 Å². The minimum Gasteiger partial charge on any atom is -0.478 e. The van der Waals surface area contributed by atoms with Gasteiger partial charge < -0.3 is 10.4 Å². The van der Waals surface area contributed by atoms with Crippen LogP contribution in [0, 0.1) is 6.92 Å². The Morgan fingerprint density at radius 2 is 1.92 bits per heavy atom. The number of anilines is 1. The summed E-state index contributed by atoms with van der Waals surface area (Å²) in [5.41, 5.74) is 1.44. The summed E-state index contributed by atoms with van der Waals surface area (Å²) in [6.45, 7) is 1.65. The first kappa shape index (κ1) is 18.4. The normalized spacial score (nSPS) is 10.1. The molecular weight excluding hydrogens is 416 g/mol. The first-order chi connectivity index (χ1) is 11.3. The van der Waals surface area contributed by atoms with Gasteiger partial charge in [-0.3, -0.25) is 10.1 Å². The number of hydrogen-bond donors (Lipinski definition) is 3. The van der Waals surface area contributed by atoms with Gasteiger partial charge in [0.1, 0.15) is 0 Å². The Morgan fingerprint density at radius 1 is 1.21 bits per heavy atom. The summed E-state index contributed by atoms with van der Waals surface area (Å²) >= 11 is 14.4. The zero-order valence-corrected chi connectivity index (χ0v) is 15.6. The smallest absolute Gasteiger partial charge is 0.336 e. The Hall–Kier alpha value is -1.96. The van der Waals surface area contributed by atoms with Crippen molar-refractivity contribution in [1.29, 1.82) is 0 Å². The van der Waals surface area contributed by atoms with Crippen molar-refractivity contribution in [2.75, 3.05) is 5.32 Å². The first-order valence-electron chi connectivity index (χ1n) is 6.70.